The van der Waals surface area contributed by atoms with Crippen molar-refractivity contribution in [1.82, 2.24) is 19.5 Å². The Morgan fingerprint density at radius 2 is 2.03 bits per heavy atom. The van der Waals surface area contributed by atoms with Crippen molar-refractivity contribution in [3.05, 3.63) is 65.9 Å². The molecule has 0 aliphatic heterocycles. The molecule has 2 aliphatic carbocycles. The van der Waals surface area contributed by atoms with Gasteiger partial charge in [0.2, 0.25) is 11.7 Å². The molecule has 6 rings (SSSR count). The predicted octanol–water partition coefficient (Wildman–Crippen LogP) is 4.87. The number of nitrogens with zero attached hydrogens (tertiary/aromatic N) is 4. The number of anilines is 1. The first-order valence-electron chi connectivity index (χ1n) is 10.8. The van der Waals surface area contributed by atoms with Crippen LogP contribution in [0.5, 0.6) is 0 Å². The molecule has 32 heavy (non-hydrogen) atoms. The predicted molar refractivity (Wildman–Crippen MR) is 116 cm³/mol. The number of carbonyl (C=O) groups is 1. The van der Waals surface area contributed by atoms with E-state index in [1.807, 2.05) is 43.3 Å². The minimum Gasteiger partial charge on any atom is -0.338 e. The molecule has 2 fully saturated rings. The molecule has 0 radical (unpaired) electrons. The van der Waals surface area contributed by atoms with Crippen molar-refractivity contribution in [2.45, 2.75) is 50.1 Å². The molecular weight excluding hydrogens is 409 g/mol. The molecule has 0 atom stereocenters. The standard InChI is InChI=1S/C24H22FN5O2/c1-15-5-6-16(20-28-22(32-29-20)23-7-9-24(25,14-23)10-8-23)12-17(15)27-21(31)18-13-26-19-4-2-3-11-30(18)19/h2-6,11-13H,7-10,14H2,1H3,(H,27,31). The zero-order chi connectivity index (χ0) is 21.9. The van der Waals surface area contributed by atoms with E-state index in [2.05, 4.69) is 20.4 Å². The highest BCUT2D eigenvalue weighted by molar-refractivity contribution is 6.04. The second kappa shape index (κ2) is 6.72. The number of carbonyl (C=O) groups excluding carboxylic acids is 1. The number of aromatic nitrogens is 4. The van der Waals surface area contributed by atoms with Crippen molar-refractivity contribution in [2.24, 2.45) is 0 Å². The summed E-state index contributed by atoms with van der Waals surface area (Å²) >= 11 is 0. The highest BCUT2D eigenvalue weighted by Gasteiger charge is 2.58. The topological polar surface area (TPSA) is 85.3 Å². The molecule has 3 heterocycles. The van der Waals surface area contributed by atoms with Crippen molar-refractivity contribution < 1.29 is 13.7 Å². The van der Waals surface area contributed by atoms with E-state index in [1.165, 1.54) is 0 Å². The molecule has 2 aliphatic rings. The Bertz CT molecular complexity index is 1350. The molecule has 0 saturated heterocycles. The van der Waals surface area contributed by atoms with Crippen LogP contribution >= 0.6 is 0 Å². The van der Waals surface area contributed by atoms with E-state index >= 15 is 0 Å². The first-order chi connectivity index (χ1) is 15.4. The highest BCUT2D eigenvalue weighted by atomic mass is 19.1. The molecule has 7 nitrogen and oxygen atoms in total. The molecule has 0 spiro atoms. The van der Waals surface area contributed by atoms with Crippen LogP contribution in [0.15, 0.2) is 53.3 Å². The van der Waals surface area contributed by atoms with Crippen LogP contribution in [-0.2, 0) is 5.41 Å². The van der Waals surface area contributed by atoms with Crippen molar-refractivity contribution >= 4 is 17.2 Å². The molecular formula is C24H22FN5O2. The first kappa shape index (κ1) is 19.2. The third-order valence-corrected chi connectivity index (χ3v) is 7.03. The van der Waals surface area contributed by atoms with Crippen LogP contribution < -0.4 is 5.32 Å². The SMILES string of the molecule is Cc1ccc(-c2noc(C34CCC(F)(CC3)C4)n2)cc1NC(=O)c1cnc2ccccn12. The average Bonchev–Trinajstić information content (AvgIpc) is 3.56. The normalized spacial score (nSPS) is 24.3. The number of aryl methyl sites for hydroxylation is 1. The second-order valence-electron chi connectivity index (χ2n) is 9.09. The Morgan fingerprint density at radius 1 is 1.19 bits per heavy atom. The largest absolute Gasteiger partial charge is 0.338 e. The molecule has 0 unspecified atom stereocenters. The van der Waals surface area contributed by atoms with Crippen LogP contribution in [0.25, 0.3) is 17.0 Å². The van der Waals surface area contributed by atoms with Crippen molar-refractivity contribution in [3.8, 4) is 11.4 Å². The summed E-state index contributed by atoms with van der Waals surface area (Å²) in [4.78, 5) is 21.8. The van der Waals surface area contributed by atoms with E-state index in [4.69, 9.17) is 4.52 Å². The molecule has 1 amide bonds. The Labute approximate surface area is 183 Å². The van der Waals surface area contributed by atoms with E-state index in [-0.39, 0.29) is 11.3 Å². The van der Waals surface area contributed by atoms with Gasteiger partial charge in [-0.25, -0.2) is 9.37 Å². The summed E-state index contributed by atoms with van der Waals surface area (Å²) in [6.07, 6.45) is 6.46. The zero-order valence-electron chi connectivity index (χ0n) is 17.6. The van der Waals surface area contributed by atoms with Gasteiger partial charge in [0.05, 0.1) is 11.6 Å². The number of pyridine rings is 1. The number of amides is 1. The van der Waals surface area contributed by atoms with Gasteiger partial charge in [0.15, 0.2) is 0 Å². The fourth-order valence-electron chi connectivity index (χ4n) is 5.16. The zero-order valence-corrected chi connectivity index (χ0v) is 17.6. The number of alkyl halides is 1. The van der Waals surface area contributed by atoms with Crippen LogP contribution in [0.1, 0.15) is 54.0 Å². The summed E-state index contributed by atoms with van der Waals surface area (Å²) in [5, 5.41) is 7.14. The molecule has 3 aromatic heterocycles. The van der Waals surface area contributed by atoms with Crippen LogP contribution in [0.2, 0.25) is 0 Å². The highest BCUT2D eigenvalue weighted by Crippen LogP contribution is 2.59. The lowest BCUT2D eigenvalue weighted by Crippen LogP contribution is -2.20. The lowest BCUT2D eigenvalue weighted by atomic mass is 9.84. The summed E-state index contributed by atoms with van der Waals surface area (Å²) in [6, 6.07) is 11.2. The fraction of sp³-hybridized carbons (Fsp3) is 0.333. The van der Waals surface area contributed by atoms with Crippen LogP contribution in [0.3, 0.4) is 0 Å². The fourth-order valence-corrected chi connectivity index (χ4v) is 5.16. The smallest absolute Gasteiger partial charge is 0.274 e. The van der Waals surface area contributed by atoms with Gasteiger partial charge in [0, 0.05) is 17.4 Å². The molecule has 4 aromatic rings. The van der Waals surface area contributed by atoms with Crippen LogP contribution in [0, 0.1) is 6.92 Å². The van der Waals surface area contributed by atoms with Crippen molar-refractivity contribution in [1.29, 1.82) is 0 Å². The lowest BCUT2D eigenvalue weighted by molar-refractivity contribution is 0.102. The number of imidazole rings is 1. The van der Waals surface area contributed by atoms with Gasteiger partial charge in [-0.15, -0.1) is 0 Å². The monoisotopic (exact) mass is 431 g/mol. The Morgan fingerprint density at radius 3 is 2.81 bits per heavy atom. The Kier molecular flexibility index (Phi) is 4.02. The van der Waals surface area contributed by atoms with Gasteiger partial charge >= 0.3 is 0 Å². The summed E-state index contributed by atoms with van der Waals surface area (Å²) in [5.41, 5.74) is 2.05. The number of fused-ring (bicyclic) bond motifs is 3. The number of benzene rings is 1. The number of rotatable bonds is 4. The Hall–Kier alpha value is -3.55. The minimum atomic E-state index is -1.08. The minimum absolute atomic E-state index is 0.257. The maximum Gasteiger partial charge on any atom is 0.274 e. The summed E-state index contributed by atoms with van der Waals surface area (Å²) in [6.45, 7) is 1.92. The van der Waals surface area contributed by atoms with Crippen LogP contribution in [0.4, 0.5) is 10.1 Å². The van der Waals surface area contributed by atoms with Gasteiger partial charge in [-0.2, -0.15) is 4.98 Å². The molecule has 2 bridgehead atoms. The lowest BCUT2D eigenvalue weighted by Gasteiger charge is -2.20. The van der Waals surface area contributed by atoms with E-state index in [0.717, 1.165) is 24.0 Å². The molecule has 8 heteroatoms. The van der Waals surface area contributed by atoms with Crippen molar-refractivity contribution in [3.63, 3.8) is 0 Å². The maximum atomic E-state index is 14.6. The molecule has 162 valence electrons. The quantitative estimate of drug-likeness (QED) is 0.498. The second-order valence-corrected chi connectivity index (χ2v) is 9.09. The van der Waals surface area contributed by atoms with Gasteiger partial charge in [-0.1, -0.05) is 23.4 Å². The molecule has 1 N–H and O–H groups in total. The summed E-state index contributed by atoms with van der Waals surface area (Å²) in [7, 11) is 0. The van der Waals surface area contributed by atoms with Gasteiger partial charge in [0.25, 0.3) is 5.91 Å². The number of halogens is 1. The van der Waals surface area contributed by atoms with Gasteiger partial charge < -0.3 is 9.84 Å². The third kappa shape index (κ3) is 2.93. The maximum absolute atomic E-state index is 14.6. The van der Waals surface area contributed by atoms with E-state index in [9.17, 15) is 9.18 Å². The van der Waals surface area contributed by atoms with Gasteiger partial charge in [0.1, 0.15) is 17.0 Å². The number of hydrogen-bond donors (Lipinski definition) is 1. The average molecular weight is 431 g/mol. The van der Waals surface area contributed by atoms with E-state index in [1.54, 1.807) is 16.8 Å². The third-order valence-electron chi connectivity index (χ3n) is 7.03. The first-order valence-corrected chi connectivity index (χ1v) is 10.8. The van der Waals surface area contributed by atoms with Crippen LogP contribution in [-0.4, -0.2) is 31.1 Å². The summed E-state index contributed by atoms with van der Waals surface area (Å²) < 4.78 is 22.0. The van der Waals surface area contributed by atoms with Gasteiger partial charge in [-0.05, 0) is 62.8 Å². The van der Waals surface area contributed by atoms with E-state index < -0.39 is 5.67 Å². The summed E-state index contributed by atoms with van der Waals surface area (Å²) in [5.74, 6) is 0.720. The number of nitrogens with one attached hydrogen (secondary N) is 1. The van der Waals surface area contributed by atoms with Gasteiger partial charge in [-0.3, -0.25) is 9.20 Å². The Balaban J connectivity index is 1.28. The van der Waals surface area contributed by atoms with E-state index in [0.29, 0.717) is 48.0 Å². The molecule has 1 aromatic carbocycles. The number of hydrogen-bond acceptors (Lipinski definition) is 5. The van der Waals surface area contributed by atoms with Crippen molar-refractivity contribution in [2.75, 3.05) is 5.32 Å². The molecule has 2 saturated carbocycles.